The van der Waals surface area contributed by atoms with Crippen LogP contribution in [0.3, 0.4) is 0 Å². The molecule has 0 aliphatic heterocycles. The molecule has 1 aromatic carbocycles. The van der Waals surface area contributed by atoms with Gasteiger partial charge in [0, 0.05) is 18.0 Å². The monoisotopic (exact) mass is 259 g/mol. The van der Waals surface area contributed by atoms with Crippen molar-refractivity contribution < 1.29 is 0 Å². The molecule has 1 saturated carbocycles. The van der Waals surface area contributed by atoms with Crippen LogP contribution in [0, 0.1) is 11.8 Å². The van der Waals surface area contributed by atoms with Gasteiger partial charge >= 0.3 is 0 Å². The molecule has 106 valence electrons. The van der Waals surface area contributed by atoms with Crippen molar-refractivity contribution in [3.8, 4) is 0 Å². The zero-order valence-electron chi connectivity index (χ0n) is 12.9. The number of hydrogen-bond donors (Lipinski definition) is 1. The van der Waals surface area contributed by atoms with Crippen LogP contribution in [0.2, 0.25) is 0 Å². The Morgan fingerprint density at radius 2 is 1.58 bits per heavy atom. The summed E-state index contributed by atoms with van der Waals surface area (Å²) in [4.78, 5) is 0. The van der Waals surface area contributed by atoms with Gasteiger partial charge in [-0.2, -0.15) is 0 Å². The summed E-state index contributed by atoms with van der Waals surface area (Å²) in [7, 11) is 0. The van der Waals surface area contributed by atoms with Crippen molar-refractivity contribution in [2.75, 3.05) is 0 Å². The number of nitrogens with one attached hydrogen (secondary N) is 1. The fourth-order valence-corrected chi connectivity index (χ4v) is 3.12. The topological polar surface area (TPSA) is 12.0 Å². The molecule has 0 heterocycles. The fraction of sp³-hybridized carbons (Fsp3) is 0.667. The van der Waals surface area contributed by atoms with Crippen LogP contribution < -0.4 is 5.32 Å². The van der Waals surface area contributed by atoms with Crippen molar-refractivity contribution in [1.29, 1.82) is 0 Å². The molecular weight excluding hydrogens is 230 g/mol. The van der Waals surface area contributed by atoms with Crippen LogP contribution in [0.4, 0.5) is 0 Å². The smallest absolute Gasteiger partial charge is 0.0145 e. The first kappa shape index (κ1) is 14.6. The van der Waals surface area contributed by atoms with E-state index in [9.17, 15) is 0 Å². The Morgan fingerprint density at radius 3 is 2.11 bits per heavy atom. The Bertz CT molecular complexity index is 359. The second-order valence-corrected chi connectivity index (χ2v) is 6.98. The summed E-state index contributed by atoms with van der Waals surface area (Å²) >= 11 is 0. The van der Waals surface area contributed by atoms with Crippen molar-refractivity contribution in [1.82, 2.24) is 5.32 Å². The molecule has 0 radical (unpaired) electrons. The highest BCUT2D eigenvalue weighted by Crippen LogP contribution is 2.41. The van der Waals surface area contributed by atoms with Crippen LogP contribution in [0.25, 0.3) is 0 Å². The van der Waals surface area contributed by atoms with Crippen molar-refractivity contribution in [3.05, 3.63) is 35.9 Å². The minimum Gasteiger partial charge on any atom is -0.311 e. The lowest BCUT2D eigenvalue weighted by Gasteiger charge is -2.22. The molecule has 1 aliphatic carbocycles. The first-order chi connectivity index (χ1) is 9.06. The van der Waals surface area contributed by atoms with Crippen molar-refractivity contribution in [2.45, 2.75) is 65.0 Å². The van der Waals surface area contributed by atoms with E-state index in [1.54, 1.807) is 0 Å². The van der Waals surface area contributed by atoms with E-state index in [1.165, 1.54) is 24.8 Å². The highest BCUT2D eigenvalue weighted by molar-refractivity contribution is 5.27. The van der Waals surface area contributed by atoms with Gasteiger partial charge in [0.1, 0.15) is 0 Å². The van der Waals surface area contributed by atoms with Crippen LogP contribution in [0.5, 0.6) is 0 Å². The molecular formula is C18H29N. The molecule has 0 saturated heterocycles. The lowest BCUT2D eigenvalue weighted by Crippen LogP contribution is -2.34. The first-order valence-corrected chi connectivity index (χ1v) is 7.87. The molecule has 2 rings (SSSR count). The summed E-state index contributed by atoms with van der Waals surface area (Å²) in [6, 6.07) is 12.4. The van der Waals surface area contributed by atoms with Gasteiger partial charge in [0.15, 0.2) is 0 Å². The fourth-order valence-electron chi connectivity index (χ4n) is 3.12. The standard InChI is InChI=1S/C18H29N/c1-13(2)10-16(11-14(3)4)19-18-12-17(18)15-8-6-5-7-9-15/h5-9,13-14,16-19H,10-12H2,1-4H3. The van der Waals surface area contributed by atoms with Gasteiger partial charge in [-0.1, -0.05) is 58.0 Å². The quantitative estimate of drug-likeness (QED) is 0.755. The van der Waals surface area contributed by atoms with Crippen LogP contribution in [0.1, 0.15) is 58.4 Å². The molecule has 1 aliphatic rings. The molecule has 2 unspecified atom stereocenters. The Balaban J connectivity index is 1.86. The molecule has 1 nitrogen and oxygen atoms in total. The van der Waals surface area contributed by atoms with E-state index in [0.29, 0.717) is 12.1 Å². The van der Waals surface area contributed by atoms with E-state index < -0.39 is 0 Å². The normalized spacial score (nSPS) is 22.5. The first-order valence-electron chi connectivity index (χ1n) is 7.87. The largest absolute Gasteiger partial charge is 0.311 e. The number of hydrogen-bond acceptors (Lipinski definition) is 1. The third-order valence-corrected chi connectivity index (χ3v) is 3.98. The van der Waals surface area contributed by atoms with Gasteiger partial charge in [0.25, 0.3) is 0 Å². The van der Waals surface area contributed by atoms with E-state index in [1.807, 2.05) is 0 Å². The van der Waals surface area contributed by atoms with Crippen LogP contribution in [-0.4, -0.2) is 12.1 Å². The molecule has 0 amide bonds. The molecule has 1 fully saturated rings. The summed E-state index contributed by atoms with van der Waals surface area (Å²) in [5.41, 5.74) is 1.51. The Morgan fingerprint density at radius 1 is 1.00 bits per heavy atom. The lowest BCUT2D eigenvalue weighted by molar-refractivity contribution is 0.356. The Labute approximate surface area is 118 Å². The summed E-state index contributed by atoms with van der Waals surface area (Å²) in [6.07, 6.45) is 3.92. The molecule has 19 heavy (non-hydrogen) atoms. The van der Waals surface area contributed by atoms with Gasteiger partial charge in [0.2, 0.25) is 0 Å². The van der Waals surface area contributed by atoms with Crippen LogP contribution in [0.15, 0.2) is 30.3 Å². The van der Waals surface area contributed by atoms with Gasteiger partial charge < -0.3 is 5.32 Å². The van der Waals surface area contributed by atoms with E-state index in [4.69, 9.17) is 0 Å². The third-order valence-electron chi connectivity index (χ3n) is 3.98. The minimum atomic E-state index is 0.693. The van der Waals surface area contributed by atoms with Gasteiger partial charge in [-0.05, 0) is 36.7 Å². The Hall–Kier alpha value is -0.820. The third kappa shape index (κ3) is 4.65. The lowest BCUT2D eigenvalue weighted by atomic mass is 9.95. The summed E-state index contributed by atoms with van der Waals surface area (Å²) in [6.45, 7) is 9.32. The molecule has 0 aromatic heterocycles. The average molecular weight is 259 g/mol. The minimum absolute atomic E-state index is 0.693. The van der Waals surface area contributed by atoms with E-state index in [0.717, 1.165) is 17.8 Å². The van der Waals surface area contributed by atoms with E-state index in [-0.39, 0.29) is 0 Å². The van der Waals surface area contributed by atoms with E-state index >= 15 is 0 Å². The van der Waals surface area contributed by atoms with Gasteiger partial charge in [-0.3, -0.25) is 0 Å². The summed E-state index contributed by atoms with van der Waals surface area (Å²) < 4.78 is 0. The highest BCUT2D eigenvalue weighted by Gasteiger charge is 2.39. The van der Waals surface area contributed by atoms with Gasteiger partial charge in [-0.15, -0.1) is 0 Å². The maximum Gasteiger partial charge on any atom is 0.0145 e. The predicted molar refractivity (Wildman–Crippen MR) is 83.4 cm³/mol. The van der Waals surface area contributed by atoms with Crippen LogP contribution >= 0.6 is 0 Å². The van der Waals surface area contributed by atoms with Crippen molar-refractivity contribution >= 4 is 0 Å². The predicted octanol–water partition coefficient (Wildman–Crippen LogP) is 4.59. The SMILES string of the molecule is CC(C)CC(CC(C)C)NC1CC1c1ccccc1. The maximum atomic E-state index is 3.90. The number of rotatable bonds is 7. The molecule has 0 spiro atoms. The zero-order valence-corrected chi connectivity index (χ0v) is 12.9. The summed E-state index contributed by atoms with van der Waals surface area (Å²) in [5, 5.41) is 3.90. The zero-order chi connectivity index (χ0) is 13.8. The second-order valence-electron chi connectivity index (χ2n) is 6.98. The molecule has 1 heteroatoms. The van der Waals surface area contributed by atoms with Crippen molar-refractivity contribution in [3.63, 3.8) is 0 Å². The molecule has 1 aromatic rings. The molecule has 1 N–H and O–H groups in total. The maximum absolute atomic E-state index is 3.90. The van der Waals surface area contributed by atoms with E-state index in [2.05, 4.69) is 63.3 Å². The second kappa shape index (κ2) is 6.56. The van der Waals surface area contributed by atoms with Crippen molar-refractivity contribution in [2.24, 2.45) is 11.8 Å². The van der Waals surface area contributed by atoms with Crippen LogP contribution in [-0.2, 0) is 0 Å². The molecule has 0 bridgehead atoms. The average Bonchev–Trinajstić information content (AvgIpc) is 3.07. The highest BCUT2D eigenvalue weighted by atomic mass is 15.0. The van der Waals surface area contributed by atoms with Gasteiger partial charge in [-0.25, -0.2) is 0 Å². The Kier molecular flexibility index (Phi) is 5.04. The summed E-state index contributed by atoms with van der Waals surface area (Å²) in [5.74, 6) is 2.32. The van der Waals surface area contributed by atoms with Gasteiger partial charge in [0.05, 0.1) is 0 Å². The molecule has 2 atom stereocenters. The number of benzene rings is 1.